The van der Waals surface area contributed by atoms with E-state index in [1.54, 1.807) is 0 Å². The van der Waals surface area contributed by atoms with Crippen molar-refractivity contribution in [3.8, 4) is 0 Å². The Kier molecular flexibility index (Phi) is 8.02. The third-order valence-corrected chi connectivity index (χ3v) is 3.70. The molecule has 1 heterocycles. The highest BCUT2D eigenvalue weighted by Gasteiger charge is 2.33. The predicted molar refractivity (Wildman–Crippen MR) is 77.2 cm³/mol. The third-order valence-electron chi connectivity index (χ3n) is 3.70. The molecular weight excluding hydrogens is 242 g/mol. The molecule has 0 aromatic carbocycles. The molecule has 0 aromatic heterocycles. The van der Waals surface area contributed by atoms with Crippen LogP contribution >= 0.6 is 0 Å². The molecule has 0 bridgehead atoms. The summed E-state index contributed by atoms with van der Waals surface area (Å²) in [6.45, 7) is 12.2. The van der Waals surface area contributed by atoms with E-state index in [-0.39, 0.29) is 17.9 Å². The highest BCUT2D eigenvalue weighted by molar-refractivity contribution is 5.79. The number of hydrogen-bond acceptors (Lipinski definition) is 4. The quantitative estimate of drug-likeness (QED) is 0.640. The number of rotatable bonds is 9. The van der Waals surface area contributed by atoms with Crippen LogP contribution in [0.4, 0.5) is 0 Å². The van der Waals surface area contributed by atoms with E-state index in [1.165, 1.54) is 0 Å². The van der Waals surface area contributed by atoms with E-state index in [0.717, 1.165) is 39.1 Å². The Morgan fingerprint density at radius 3 is 2.58 bits per heavy atom. The molecule has 1 rings (SSSR count). The molecule has 1 aliphatic rings. The van der Waals surface area contributed by atoms with Crippen LogP contribution in [-0.2, 0) is 9.53 Å². The first kappa shape index (κ1) is 16.4. The summed E-state index contributed by atoms with van der Waals surface area (Å²) in [5.74, 6) is 0.0847. The first-order valence-electron chi connectivity index (χ1n) is 7.54. The molecule has 5 heteroatoms. The van der Waals surface area contributed by atoms with Gasteiger partial charge in [0.05, 0.1) is 19.1 Å². The molecule has 0 spiro atoms. The smallest absolute Gasteiger partial charge is 0.227 e. The van der Waals surface area contributed by atoms with Crippen molar-refractivity contribution in [1.82, 2.24) is 15.5 Å². The van der Waals surface area contributed by atoms with E-state index >= 15 is 0 Å². The number of nitrogens with zero attached hydrogens (tertiary/aromatic N) is 1. The Morgan fingerprint density at radius 2 is 1.95 bits per heavy atom. The van der Waals surface area contributed by atoms with E-state index in [2.05, 4.69) is 36.3 Å². The first-order chi connectivity index (χ1) is 9.22. The monoisotopic (exact) mass is 271 g/mol. The second-order valence-electron chi connectivity index (χ2n) is 5.02. The van der Waals surface area contributed by atoms with Crippen LogP contribution in [0, 0.1) is 5.92 Å². The van der Waals surface area contributed by atoms with Gasteiger partial charge in [0.1, 0.15) is 0 Å². The minimum atomic E-state index is -0.0387. The molecule has 1 aliphatic heterocycles. The number of nitrogens with one attached hydrogen (secondary N) is 2. The Balaban J connectivity index is 2.27. The molecule has 1 fully saturated rings. The molecule has 0 saturated carbocycles. The second-order valence-corrected chi connectivity index (χ2v) is 5.02. The molecule has 5 nitrogen and oxygen atoms in total. The maximum Gasteiger partial charge on any atom is 0.227 e. The molecule has 2 N–H and O–H groups in total. The van der Waals surface area contributed by atoms with Crippen molar-refractivity contribution in [1.29, 1.82) is 0 Å². The zero-order chi connectivity index (χ0) is 14.1. The predicted octanol–water partition coefficient (Wildman–Crippen LogP) is 0.459. The van der Waals surface area contributed by atoms with Crippen LogP contribution in [0.2, 0.25) is 0 Å². The summed E-state index contributed by atoms with van der Waals surface area (Å²) in [6, 6.07) is 0.174. The maximum atomic E-state index is 12.1. The highest BCUT2D eigenvalue weighted by Crippen LogP contribution is 2.13. The van der Waals surface area contributed by atoms with Gasteiger partial charge in [0.2, 0.25) is 5.91 Å². The standard InChI is InChI=1S/C14H29N3O2/c1-4-7-15-13-11-19-10-12(13)14(18)16-8-9-17(5-2)6-3/h12-13,15H,4-11H2,1-3H3,(H,16,18). The Morgan fingerprint density at radius 1 is 1.21 bits per heavy atom. The minimum absolute atomic E-state index is 0.0387. The van der Waals surface area contributed by atoms with Gasteiger partial charge in [-0.15, -0.1) is 0 Å². The summed E-state index contributed by atoms with van der Waals surface area (Å²) in [6.07, 6.45) is 1.08. The topological polar surface area (TPSA) is 53.6 Å². The van der Waals surface area contributed by atoms with Crippen molar-refractivity contribution in [3.63, 3.8) is 0 Å². The number of ether oxygens (including phenoxy) is 1. The fraction of sp³-hybridized carbons (Fsp3) is 0.929. The van der Waals surface area contributed by atoms with Crippen molar-refractivity contribution in [2.45, 2.75) is 33.2 Å². The number of carbonyl (C=O) groups is 1. The van der Waals surface area contributed by atoms with Crippen molar-refractivity contribution in [3.05, 3.63) is 0 Å². The molecule has 0 aromatic rings. The van der Waals surface area contributed by atoms with Crippen molar-refractivity contribution in [2.75, 3.05) is 45.9 Å². The normalized spacial score (nSPS) is 22.9. The van der Waals surface area contributed by atoms with E-state index in [1.807, 2.05) is 0 Å². The van der Waals surface area contributed by atoms with Crippen LogP contribution in [0.5, 0.6) is 0 Å². The molecule has 0 radical (unpaired) electrons. The summed E-state index contributed by atoms with van der Waals surface area (Å²) < 4.78 is 5.42. The fourth-order valence-corrected chi connectivity index (χ4v) is 2.35. The molecule has 1 saturated heterocycles. The summed E-state index contributed by atoms with van der Waals surface area (Å²) in [7, 11) is 0. The second kappa shape index (κ2) is 9.28. The minimum Gasteiger partial charge on any atom is -0.379 e. The van der Waals surface area contributed by atoms with Gasteiger partial charge in [-0.25, -0.2) is 0 Å². The summed E-state index contributed by atoms with van der Waals surface area (Å²) in [5.41, 5.74) is 0. The molecule has 112 valence electrons. The van der Waals surface area contributed by atoms with Gasteiger partial charge in [-0.05, 0) is 26.1 Å². The lowest BCUT2D eigenvalue weighted by Crippen LogP contribution is -2.45. The summed E-state index contributed by atoms with van der Waals surface area (Å²) in [4.78, 5) is 14.4. The average molecular weight is 271 g/mol. The van der Waals surface area contributed by atoms with Gasteiger partial charge in [0.25, 0.3) is 0 Å². The SMILES string of the molecule is CCCNC1COCC1C(=O)NCCN(CC)CC. The Hall–Kier alpha value is -0.650. The van der Waals surface area contributed by atoms with E-state index < -0.39 is 0 Å². The number of amides is 1. The highest BCUT2D eigenvalue weighted by atomic mass is 16.5. The van der Waals surface area contributed by atoms with Gasteiger partial charge in [-0.3, -0.25) is 4.79 Å². The fourth-order valence-electron chi connectivity index (χ4n) is 2.35. The number of hydrogen-bond donors (Lipinski definition) is 2. The lowest BCUT2D eigenvalue weighted by atomic mass is 10.0. The Bertz CT molecular complexity index is 257. The van der Waals surface area contributed by atoms with Crippen molar-refractivity contribution >= 4 is 5.91 Å². The van der Waals surface area contributed by atoms with E-state index in [9.17, 15) is 4.79 Å². The van der Waals surface area contributed by atoms with Gasteiger partial charge in [0.15, 0.2) is 0 Å². The van der Waals surface area contributed by atoms with Crippen LogP contribution in [0.15, 0.2) is 0 Å². The first-order valence-corrected chi connectivity index (χ1v) is 7.54. The van der Waals surface area contributed by atoms with Crippen molar-refractivity contribution < 1.29 is 9.53 Å². The van der Waals surface area contributed by atoms with Crippen LogP contribution < -0.4 is 10.6 Å². The molecular formula is C14H29N3O2. The Labute approximate surface area is 117 Å². The molecule has 1 amide bonds. The average Bonchev–Trinajstić information content (AvgIpc) is 2.89. The lowest BCUT2D eigenvalue weighted by molar-refractivity contribution is -0.125. The van der Waals surface area contributed by atoms with E-state index in [0.29, 0.717) is 13.2 Å². The third kappa shape index (κ3) is 5.47. The summed E-state index contributed by atoms with van der Waals surface area (Å²) >= 11 is 0. The number of likely N-dealkylation sites (N-methyl/N-ethyl adjacent to an activating group) is 1. The van der Waals surface area contributed by atoms with Crippen LogP contribution in [0.25, 0.3) is 0 Å². The van der Waals surface area contributed by atoms with Gasteiger partial charge in [-0.1, -0.05) is 20.8 Å². The largest absolute Gasteiger partial charge is 0.379 e. The molecule has 0 aliphatic carbocycles. The zero-order valence-corrected chi connectivity index (χ0v) is 12.6. The molecule has 2 atom stereocenters. The number of carbonyl (C=O) groups excluding carboxylic acids is 1. The van der Waals surface area contributed by atoms with Crippen molar-refractivity contribution in [2.24, 2.45) is 5.92 Å². The van der Waals surface area contributed by atoms with Gasteiger partial charge in [0, 0.05) is 19.1 Å². The molecule has 2 unspecified atom stereocenters. The van der Waals surface area contributed by atoms with Crippen LogP contribution in [0.1, 0.15) is 27.2 Å². The van der Waals surface area contributed by atoms with Crippen LogP contribution in [0.3, 0.4) is 0 Å². The maximum absolute atomic E-state index is 12.1. The van der Waals surface area contributed by atoms with Gasteiger partial charge < -0.3 is 20.3 Å². The van der Waals surface area contributed by atoms with Gasteiger partial charge in [-0.2, -0.15) is 0 Å². The zero-order valence-electron chi connectivity index (χ0n) is 12.6. The lowest BCUT2D eigenvalue weighted by Gasteiger charge is -2.21. The van der Waals surface area contributed by atoms with E-state index in [4.69, 9.17) is 4.74 Å². The summed E-state index contributed by atoms with van der Waals surface area (Å²) in [5, 5.41) is 6.42. The molecule has 19 heavy (non-hydrogen) atoms. The van der Waals surface area contributed by atoms with Gasteiger partial charge >= 0.3 is 0 Å². The van der Waals surface area contributed by atoms with Crippen LogP contribution in [-0.4, -0.2) is 62.8 Å².